The molecule has 10 heavy (non-hydrogen) atoms. The Morgan fingerprint density at radius 3 is 1.90 bits per heavy atom. The molecule has 62 valence electrons. The summed E-state index contributed by atoms with van der Waals surface area (Å²) in [7, 11) is 1.18. The second-order valence-electron chi connectivity index (χ2n) is 3.74. The third-order valence-electron chi connectivity index (χ3n) is 1.54. The average molecular weight is 163 g/mol. The maximum atomic E-state index is 5.30. The second-order valence-corrected chi connectivity index (χ2v) is 8.68. The van der Waals surface area contributed by atoms with E-state index in [1.807, 2.05) is 7.11 Å². The Labute approximate surface area is 65.5 Å². The summed E-state index contributed by atoms with van der Waals surface area (Å²) in [6, 6.07) is 0. The van der Waals surface area contributed by atoms with Gasteiger partial charge in [0.2, 0.25) is 0 Å². The predicted molar refractivity (Wildman–Crippen MR) is 50.6 cm³/mol. The average Bonchev–Trinajstić information content (AvgIpc) is 1.81. The van der Waals surface area contributed by atoms with E-state index >= 15 is 0 Å². The Balaban J connectivity index is 3.63. The van der Waals surface area contributed by atoms with Crippen LogP contribution in [0.15, 0.2) is 0 Å². The molecule has 1 atom stereocenters. The molecular weight excluding hydrogens is 143 g/mol. The van der Waals surface area contributed by atoms with Crippen molar-refractivity contribution in [2.45, 2.75) is 19.4 Å². The van der Waals surface area contributed by atoms with Gasteiger partial charge in [-0.3, -0.25) is 0 Å². The van der Waals surface area contributed by atoms with Crippen LogP contribution in [0.5, 0.6) is 0 Å². The summed E-state index contributed by atoms with van der Waals surface area (Å²) in [5.74, 6) is 0. The van der Waals surface area contributed by atoms with Crippen LogP contribution >= 0.6 is 7.26 Å². The van der Waals surface area contributed by atoms with Crippen molar-refractivity contribution in [1.29, 1.82) is 0 Å². The van der Waals surface area contributed by atoms with Crippen LogP contribution < -0.4 is 0 Å². The largest absolute Gasteiger partial charge is 0.378 e. The fraction of sp³-hybridized carbons (Fsp3) is 1.00. The Morgan fingerprint density at radius 2 is 1.80 bits per heavy atom. The van der Waals surface area contributed by atoms with Gasteiger partial charge < -0.3 is 4.74 Å². The Hall–Kier alpha value is 0.390. The molecule has 0 radical (unpaired) electrons. The van der Waals surface area contributed by atoms with Crippen molar-refractivity contribution in [3.05, 3.63) is 0 Å². The van der Waals surface area contributed by atoms with E-state index < -0.39 is 7.26 Å². The molecule has 2 heteroatoms. The van der Waals surface area contributed by atoms with Gasteiger partial charge in [-0.25, -0.2) is 0 Å². The van der Waals surface area contributed by atoms with Crippen molar-refractivity contribution in [3.8, 4) is 0 Å². The van der Waals surface area contributed by atoms with Gasteiger partial charge in [0, 0.05) is 34.4 Å². The maximum absolute atomic E-state index is 5.30. The first-order chi connectivity index (χ1) is 4.49. The molecule has 0 rings (SSSR count). The first-order valence-electron chi connectivity index (χ1n) is 3.83. The van der Waals surface area contributed by atoms with E-state index in [1.54, 1.807) is 0 Å². The Bertz CT molecular complexity index is 81.7. The van der Waals surface area contributed by atoms with Gasteiger partial charge in [0.15, 0.2) is 0 Å². The van der Waals surface area contributed by atoms with Crippen LogP contribution in [0.4, 0.5) is 0 Å². The van der Waals surface area contributed by atoms with Crippen molar-refractivity contribution in [1.82, 2.24) is 0 Å². The fourth-order valence-corrected chi connectivity index (χ4v) is 2.61. The van der Waals surface area contributed by atoms with Crippen molar-refractivity contribution >= 4 is 7.26 Å². The van der Waals surface area contributed by atoms with Crippen molar-refractivity contribution < 1.29 is 4.74 Å². The smallest absolute Gasteiger partial charge is 0.0903 e. The summed E-state index contributed by atoms with van der Waals surface area (Å²) in [5.41, 5.74) is 0. The summed E-state index contributed by atoms with van der Waals surface area (Å²) < 4.78 is 5.30. The summed E-state index contributed by atoms with van der Waals surface area (Å²) in [6.45, 7) is 9.25. The normalized spacial score (nSPS) is 15.3. The quantitative estimate of drug-likeness (QED) is 0.578. The molecule has 0 saturated carbocycles. The molecule has 0 amide bonds. The molecule has 0 aromatic heterocycles. The standard InChI is InChI=1S/C8H20OP/c1-6-8(9-2)7-10(3,4)5/h8H,6-7H2,1-5H3/q+1. The molecule has 0 bridgehead atoms. The summed E-state index contributed by atoms with van der Waals surface area (Å²) in [4.78, 5) is 0. The van der Waals surface area contributed by atoms with Gasteiger partial charge in [0.05, 0.1) is 12.3 Å². The third kappa shape index (κ3) is 5.20. The van der Waals surface area contributed by atoms with E-state index in [4.69, 9.17) is 4.74 Å². The molecule has 0 aromatic carbocycles. The lowest BCUT2D eigenvalue weighted by Gasteiger charge is -2.18. The third-order valence-corrected chi connectivity index (χ3v) is 3.04. The number of hydrogen-bond donors (Lipinski definition) is 0. The molecule has 0 aliphatic rings. The molecule has 0 fully saturated rings. The lowest BCUT2D eigenvalue weighted by atomic mass is 10.3. The maximum Gasteiger partial charge on any atom is 0.0903 e. The Morgan fingerprint density at radius 1 is 1.30 bits per heavy atom. The van der Waals surface area contributed by atoms with Crippen LogP contribution in [0, 0.1) is 0 Å². The monoisotopic (exact) mass is 163 g/mol. The van der Waals surface area contributed by atoms with Gasteiger partial charge in [-0.1, -0.05) is 6.92 Å². The fourth-order valence-electron chi connectivity index (χ4n) is 0.981. The van der Waals surface area contributed by atoms with Crippen LogP contribution in [0.1, 0.15) is 13.3 Å². The highest BCUT2D eigenvalue weighted by molar-refractivity contribution is 7.73. The minimum atomic E-state index is -0.630. The van der Waals surface area contributed by atoms with E-state index in [9.17, 15) is 0 Å². The second kappa shape index (κ2) is 4.31. The van der Waals surface area contributed by atoms with E-state index in [-0.39, 0.29) is 0 Å². The highest BCUT2D eigenvalue weighted by Crippen LogP contribution is 2.47. The minimum absolute atomic E-state index is 0.494. The van der Waals surface area contributed by atoms with Gasteiger partial charge in [0.25, 0.3) is 0 Å². The highest BCUT2D eigenvalue weighted by atomic mass is 31.2. The molecular formula is C8H20OP+. The van der Waals surface area contributed by atoms with E-state index in [2.05, 4.69) is 26.9 Å². The molecule has 0 heterocycles. The molecule has 0 aromatic rings. The molecule has 1 unspecified atom stereocenters. The molecule has 1 nitrogen and oxygen atoms in total. The SMILES string of the molecule is CCC(C[P+](C)(C)C)OC. The van der Waals surface area contributed by atoms with Crippen molar-refractivity contribution in [2.24, 2.45) is 0 Å². The summed E-state index contributed by atoms with van der Waals surface area (Å²) >= 11 is 0. The lowest BCUT2D eigenvalue weighted by Crippen LogP contribution is -2.16. The van der Waals surface area contributed by atoms with Gasteiger partial charge >= 0.3 is 0 Å². The topological polar surface area (TPSA) is 9.23 Å². The van der Waals surface area contributed by atoms with Gasteiger partial charge in [-0.05, 0) is 6.42 Å². The number of methoxy groups -OCH3 is 1. The summed E-state index contributed by atoms with van der Waals surface area (Å²) in [6.07, 6.45) is 2.90. The van der Waals surface area contributed by atoms with Gasteiger partial charge in [0.1, 0.15) is 0 Å². The van der Waals surface area contributed by atoms with Crippen LogP contribution in [0.25, 0.3) is 0 Å². The van der Waals surface area contributed by atoms with Gasteiger partial charge in [-0.15, -0.1) is 0 Å². The predicted octanol–water partition coefficient (Wildman–Crippen LogP) is 2.32. The molecule has 0 saturated heterocycles. The highest BCUT2D eigenvalue weighted by Gasteiger charge is 2.22. The van der Waals surface area contributed by atoms with Crippen LogP contribution in [-0.2, 0) is 4.74 Å². The molecule has 0 N–H and O–H groups in total. The molecule has 0 aliphatic carbocycles. The zero-order valence-corrected chi connectivity index (χ0v) is 8.74. The van der Waals surface area contributed by atoms with E-state index in [1.165, 1.54) is 6.16 Å². The van der Waals surface area contributed by atoms with E-state index in [0.717, 1.165) is 6.42 Å². The molecule has 0 aliphatic heterocycles. The molecule has 0 spiro atoms. The van der Waals surface area contributed by atoms with Crippen LogP contribution in [0.2, 0.25) is 0 Å². The minimum Gasteiger partial charge on any atom is -0.378 e. The number of rotatable bonds is 4. The zero-order chi connectivity index (χ0) is 8.20. The van der Waals surface area contributed by atoms with Crippen molar-refractivity contribution in [2.75, 3.05) is 33.3 Å². The van der Waals surface area contributed by atoms with Crippen LogP contribution in [0.3, 0.4) is 0 Å². The first-order valence-corrected chi connectivity index (χ1v) is 7.14. The van der Waals surface area contributed by atoms with Gasteiger partial charge in [-0.2, -0.15) is 0 Å². The summed E-state index contributed by atoms with van der Waals surface area (Å²) in [5, 5.41) is 0. The first kappa shape index (κ1) is 10.4. The van der Waals surface area contributed by atoms with Crippen molar-refractivity contribution in [3.63, 3.8) is 0 Å². The van der Waals surface area contributed by atoms with E-state index in [0.29, 0.717) is 6.10 Å². The van der Waals surface area contributed by atoms with Crippen LogP contribution in [-0.4, -0.2) is 39.4 Å². The lowest BCUT2D eigenvalue weighted by molar-refractivity contribution is 0.118. The number of hydrogen-bond acceptors (Lipinski definition) is 1. The Kier molecular flexibility index (Phi) is 4.47. The zero-order valence-electron chi connectivity index (χ0n) is 7.85. The number of ether oxygens (including phenoxy) is 1.